The summed E-state index contributed by atoms with van der Waals surface area (Å²) in [4.78, 5) is 12.7. The number of anilines is 2. The van der Waals surface area contributed by atoms with E-state index in [-0.39, 0.29) is 22.6 Å². The molecule has 2 N–H and O–H groups in total. The van der Waals surface area contributed by atoms with Gasteiger partial charge in [0.25, 0.3) is 0 Å². The van der Waals surface area contributed by atoms with Gasteiger partial charge >= 0.3 is 6.03 Å². The van der Waals surface area contributed by atoms with Crippen LogP contribution in [-0.4, -0.2) is 6.03 Å². The van der Waals surface area contributed by atoms with Gasteiger partial charge < -0.3 is 20.1 Å². The Kier molecular flexibility index (Phi) is 7.50. The van der Waals surface area contributed by atoms with Crippen LogP contribution >= 0.6 is 0 Å². The number of nitrogens with one attached hydrogen (secondary N) is 2. The van der Waals surface area contributed by atoms with Crippen LogP contribution in [0.2, 0.25) is 0 Å². The number of aryl methyl sites for hydroxylation is 2. The first-order valence-electron chi connectivity index (χ1n) is 11.3. The molecule has 0 spiro atoms. The first kappa shape index (κ1) is 25.7. The standard InChI is InChI=1S/C29H20F2N4O3/c1-17-3-7-21(11-27(17)37-23-9-5-19(15-32)25(30)13-23)34-29(36)35-22-8-4-18(2)28(12-22)38-24-10-6-20(16-33)26(31)14-24/h3-14H,1-2H3,(H2,34,35,36). The van der Waals surface area contributed by atoms with E-state index in [9.17, 15) is 13.6 Å². The van der Waals surface area contributed by atoms with E-state index < -0.39 is 17.7 Å². The number of hydrogen-bond donors (Lipinski definition) is 2. The SMILES string of the molecule is Cc1ccc(NC(=O)Nc2ccc(C)c(Oc3ccc(C#N)c(F)c3)c2)cc1Oc1ccc(C#N)c(F)c1. The molecule has 0 unspecified atom stereocenters. The molecule has 38 heavy (non-hydrogen) atoms. The Morgan fingerprint density at radius 2 is 1.11 bits per heavy atom. The van der Waals surface area contributed by atoms with Crippen LogP contribution in [0.25, 0.3) is 0 Å². The lowest BCUT2D eigenvalue weighted by atomic mass is 10.2. The molecule has 0 radical (unpaired) electrons. The topological polar surface area (TPSA) is 107 Å². The highest BCUT2D eigenvalue weighted by molar-refractivity contribution is 6.00. The van der Waals surface area contributed by atoms with Gasteiger partial charge in [0.2, 0.25) is 0 Å². The van der Waals surface area contributed by atoms with E-state index in [0.717, 1.165) is 23.3 Å². The van der Waals surface area contributed by atoms with Crippen molar-refractivity contribution >= 4 is 17.4 Å². The summed E-state index contributed by atoms with van der Waals surface area (Å²) in [7, 11) is 0. The molecule has 0 atom stereocenters. The Bertz CT molecular complexity index is 1500. The highest BCUT2D eigenvalue weighted by Gasteiger charge is 2.11. The summed E-state index contributed by atoms with van der Waals surface area (Å²) in [6.07, 6.45) is 0. The molecule has 0 bridgehead atoms. The number of ether oxygens (including phenoxy) is 2. The van der Waals surface area contributed by atoms with Crippen molar-refractivity contribution in [2.45, 2.75) is 13.8 Å². The first-order valence-corrected chi connectivity index (χ1v) is 11.3. The lowest BCUT2D eigenvalue weighted by Gasteiger charge is -2.14. The van der Waals surface area contributed by atoms with E-state index in [1.54, 1.807) is 62.4 Å². The van der Waals surface area contributed by atoms with Gasteiger partial charge in [0.15, 0.2) is 0 Å². The minimum absolute atomic E-state index is 0.0881. The fourth-order valence-corrected chi connectivity index (χ4v) is 3.42. The Hall–Kier alpha value is -5.41. The summed E-state index contributed by atoms with van der Waals surface area (Å²) in [5, 5.41) is 23.2. The molecule has 0 saturated carbocycles. The van der Waals surface area contributed by atoms with Gasteiger partial charge in [0.1, 0.15) is 46.8 Å². The lowest BCUT2D eigenvalue weighted by Crippen LogP contribution is -2.19. The van der Waals surface area contributed by atoms with Gasteiger partial charge in [-0.2, -0.15) is 10.5 Å². The van der Waals surface area contributed by atoms with Gasteiger partial charge in [-0.05, 0) is 61.4 Å². The molecule has 9 heteroatoms. The molecule has 7 nitrogen and oxygen atoms in total. The molecular weight excluding hydrogens is 490 g/mol. The summed E-state index contributed by atoms with van der Waals surface area (Å²) in [6.45, 7) is 3.60. The zero-order valence-corrected chi connectivity index (χ0v) is 20.3. The summed E-state index contributed by atoms with van der Waals surface area (Å²) < 4.78 is 39.4. The summed E-state index contributed by atoms with van der Waals surface area (Å²) in [6, 6.07) is 20.9. The Morgan fingerprint density at radius 1 is 0.684 bits per heavy atom. The van der Waals surface area contributed by atoms with Crippen molar-refractivity contribution in [2.75, 3.05) is 10.6 Å². The number of carbonyl (C=O) groups excluding carboxylic acids is 1. The lowest BCUT2D eigenvalue weighted by molar-refractivity contribution is 0.262. The van der Waals surface area contributed by atoms with Gasteiger partial charge in [-0.25, -0.2) is 13.6 Å². The van der Waals surface area contributed by atoms with Crippen LogP contribution in [0.4, 0.5) is 25.0 Å². The molecule has 0 aliphatic carbocycles. The van der Waals surface area contributed by atoms with Crippen LogP contribution < -0.4 is 20.1 Å². The minimum Gasteiger partial charge on any atom is -0.457 e. The van der Waals surface area contributed by atoms with E-state index in [0.29, 0.717) is 22.9 Å². The Morgan fingerprint density at radius 3 is 1.47 bits per heavy atom. The molecule has 4 aromatic carbocycles. The van der Waals surface area contributed by atoms with Crippen molar-refractivity contribution < 1.29 is 23.0 Å². The van der Waals surface area contributed by atoms with Crippen molar-refractivity contribution in [1.82, 2.24) is 0 Å². The fraction of sp³-hybridized carbons (Fsp3) is 0.0690. The van der Waals surface area contributed by atoms with Crippen LogP contribution in [0.3, 0.4) is 0 Å². The first-order chi connectivity index (χ1) is 18.2. The maximum atomic E-state index is 13.9. The molecule has 0 aliphatic rings. The molecule has 2 amide bonds. The predicted molar refractivity (Wildman–Crippen MR) is 137 cm³/mol. The van der Waals surface area contributed by atoms with Crippen molar-refractivity contribution in [3.8, 4) is 35.1 Å². The number of rotatable bonds is 6. The molecule has 0 saturated heterocycles. The highest BCUT2D eigenvalue weighted by atomic mass is 19.1. The Balaban J connectivity index is 1.45. The number of benzene rings is 4. The smallest absolute Gasteiger partial charge is 0.323 e. The van der Waals surface area contributed by atoms with E-state index in [4.69, 9.17) is 20.0 Å². The van der Waals surface area contributed by atoms with E-state index >= 15 is 0 Å². The van der Waals surface area contributed by atoms with Crippen LogP contribution in [0, 0.1) is 48.1 Å². The zero-order valence-electron chi connectivity index (χ0n) is 20.3. The van der Waals surface area contributed by atoms with Gasteiger partial charge in [-0.15, -0.1) is 0 Å². The number of carbonyl (C=O) groups is 1. The summed E-state index contributed by atoms with van der Waals surface area (Å²) in [5.74, 6) is -0.176. The second-order valence-electron chi connectivity index (χ2n) is 8.25. The molecule has 0 aliphatic heterocycles. The Labute approximate surface area is 217 Å². The zero-order chi connectivity index (χ0) is 27.2. The van der Waals surface area contributed by atoms with Crippen LogP contribution in [0.5, 0.6) is 23.0 Å². The number of halogens is 2. The number of nitriles is 2. The molecule has 0 heterocycles. The van der Waals surface area contributed by atoms with Gasteiger partial charge in [-0.3, -0.25) is 0 Å². The second-order valence-corrected chi connectivity index (χ2v) is 8.25. The van der Waals surface area contributed by atoms with Crippen molar-refractivity contribution in [3.63, 3.8) is 0 Å². The average Bonchev–Trinajstić information content (AvgIpc) is 2.88. The van der Waals surface area contributed by atoms with Crippen molar-refractivity contribution in [2.24, 2.45) is 0 Å². The monoisotopic (exact) mass is 510 g/mol. The molecule has 188 valence electrons. The van der Waals surface area contributed by atoms with Crippen LogP contribution in [-0.2, 0) is 0 Å². The largest absolute Gasteiger partial charge is 0.457 e. The van der Waals surface area contributed by atoms with Crippen molar-refractivity contribution in [3.05, 3.63) is 107 Å². The number of nitrogens with zero attached hydrogens (tertiary/aromatic N) is 2. The van der Waals surface area contributed by atoms with Crippen molar-refractivity contribution in [1.29, 1.82) is 10.5 Å². The third kappa shape index (κ3) is 6.04. The summed E-state index contributed by atoms with van der Waals surface area (Å²) in [5.41, 5.74) is 2.17. The highest BCUT2D eigenvalue weighted by Crippen LogP contribution is 2.31. The molecule has 4 aromatic rings. The molecule has 0 fully saturated rings. The number of amides is 2. The molecular formula is C29H20F2N4O3. The fourth-order valence-electron chi connectivity index (χ4n) is 3.42. The van der Waals surface area contributed by atoms with Gasteiger partial charge in [0, 0.05) is 35.6 Å². The normalized spacial score (nSPS) is 10.2. The maximum absolute atomic E-state index is 13.9. The second kappa shape index (κ2) is 11.1. The van der Waals surface area contributed by atoms with Crippen LogP contribution in [0.1, 0.15) is 22.3 Å². The number of hydrogen-bond acceptors (Lipinski definition) is 5. The van der Waals surface area contributed by atoms with E-state index in [2.05, 4.69) is 10.6 Å². The van der Waals surface area contributed by atoms with Gasteiger partial charge in [-0.1, -0.05) is 12.1 Å². The summed E-state index contributed by atoms with van der Waals surface area (Å²) >= 11 is 0. The molecule has 4 rings (SSSR count). The average molecular weight is 511 g/mol. The molecule has 0 aromatic heterocycles. The maximum Gasteiger partial charge on any atom is 0.323 e. The van der Waals surface area contributed by atoms with Crippen LogP contribution in [0.15, 0.2) is 72.8 Å². The number of urea groups is 1. The minimum atomic E-state index is -0.693. The van der Waals surface area contributed by atoms with E-state index in [1.807, 2.05) is 0 Å². The van der Waals surface area contributed by atoms with E-state index in [1.165, 1.54) is 24.3 Å². The third-order valence-electron chi connectivity index (χ3n) is 5.47. The predicted octanol–water partition coefficient (Wildman–Crippen LogP) is 7.55. The quantitative estimate of drug-likeness (QED) is 0.278. The van der Waals surface area contributed by atoms with Gasteiger partial charge in [0.05, 0.1) is 11.1 Å². The third-order valence-corrected chi connectivity index (χ3v) is 5.47.